The monoisotopic (exact) mass is 312 g/mol. The number of rotatable bonds is 6. The molecule has 1 heterocycles. The van der Waals surface area contributed by atoms with Gasteiger partial charge in [-0.15, -0.1) is 12.4 Å². The molecule has 1 fully saturated rings. The van der Waals surface area contributed by atoms with Gasteiger partial charge in [0.05, 0.1) is 6.54 Å². The van der Waals surface area contributed by atoms with E-state index in [9.17, 15) is 4.79 Å². The Bertz CT molecular complexity index is 434. The van der Waals surface area contributed by atoms with Gasteiger partial charge < -0.3 is 15.4 Å². The van der Waals surface area contributed by atoms with Crippen molar-refractivity contribution in [1.29, 1.82) is 0 Å². The zero-order chi connectivity index (χ0) is 14.2. The molecule has 0 bridgehead atoms. The van der Waals surface area contributed by atoms with E-state index in [1.165, 1.54) is 5.56 Å². The highest BCUT2D eigenvalue weighted by Gasteiger charge is 2.16. The molecule has 2 N–H and O–H groups in total. The first-order valence-corrected chi connectivity index (χ1v) is 7.41. The summed E-state index contributed by atoms with van der Waals surface area (Å²) in [6.45, 7) is 5.19. The van der Waals surface area contributed by atoms with E-state index in [0.29, 0.717) is 25.5 Å². The van der Waals surface area contributed by atoms with Crippen LogP contribution in [-0.4, -0.2) is 32.1 Å². The molecule has 1 aromatic carbocycles. The van der Waals surface area contributed by atoms with E-state index >= 15 is 0 Å². The van der Waals surface area contributed by atoms with Gasteiger partial charge in [0.25, 0.3) is 0 Å². The van der Waals surface area contributed by atoms with Gasteiger partial charge in [0, 0.05) is 6.42 Å². The predicted octanol–water partition coefficient (Wildman–Crippen LogP) is 2.30. The van der Waals surface area contributed by atoms with Crippen molar-refractivity contribution in [3.05, 3.63) is 29.8 Å². The van der Waals surface area contributed by atoms with Gasteiger partial charge in [0.1, 0.15) is 12.4 Å². The second kappa shape index (κ2) is 9.64. The third-order valence-corrected chi connectivity index (χ3v) is 3.62. The van der Waals surface area contributed by atoms with Crippen molar-refractivity contribution in [3.63, 3.8) is 0 Å². The second-order valence-corrected chi connectivity index (χ2v) is 5.41. The summed E-state index contributed by atoms with van der Waals surface area (Å²) in [7, 11) is 0. The van der Waals surface area contributed by atoms with E-state index in [1.54, 1.807) is 0 Å². The molecule has 0 radical (unpaired) electrons. The van der Waals surface area contributed by atoms with Gasteiger partial charge >= 0.3 is 0 Å². The van der Waals surface area contributed by atoms with Crippen LogP contribution in [-0.2, 0) is 4.79 Å². The topological polar surface area (TPSA) is 50.4 Å². The molecule has 0 atom stereocenters. The molecule has 118 valence electrons. The third-order valence-electron chi connectivity index (χ3n) is 3.62. The number of nitrogens with one attached hydrogen (secondary N) is 2. The van der Waals surface area contributed by atoms with Crippen LogP contribution in [0, 0.1) is 12.8 Å². The van der Waals surface area contributed by atoms with E-state index in [0.717, 1.165) is 31.7 Å². The molecule has 0 saturated carbocycles. The normalized spacial score (nSPS) is 15.1. The van der Waals surface area contributed by atoms with Gasteiger partial charge in [-0.3, -0.25) is 4.79 Å². The first-order valence-electron chi connectivity index (χ1n) is 7.41. The lowest BCUT2D eigenvalue weighted by molar-refractivity contribution is -0.122. The minimum absolute atomic E-state index is 0. The predicted molar refractivity (Wildman–Crippen MR) is 87.1 cm³/mol. The number of aryl methyl sites for hydroxylation is 1. The van der Waals surface area contributed by atoms with Crippen molar-refractivity contribution in [3.8, 4) is 5.75 Å². The number of amides is 1. The fourth-order valence-corrected chi connectivity index (χ4v) is 2.48. The van der Waals surface area contributed by atoms with Gasteiger partial charge in [-0.25, -0.2) is 0 Å². The van der Waals surface area contributed by atoms with Gasteiger partial charge in [-0.1, -0.05) is 12.1 Å². The molecule has 5 heteroatoms. The molecule has 0 aromatic heterocycles. The molecule has 1 amide bonds. The molecule has 4 nitrogen and oxygen atoms in total. The number of ether oxygens (including phenoxy) is 1. The summed E-state index contributed by atoms with van der Waals surface area (Å²) in [6.07, 6.45) is 2.85. The lowest BCUT2D eigenvalue weighted by atomic mass is 9.94. The maximum absolute atomic E-state index is 11.8. The van der Waals surface area contributed by atoms with Crippen molar-refractivity contribution in [1.82, 2.24) is 10.6 Å². The average molecular weight is 313 g/mol. The lowest BCUT2D eigenvalue weighted by Gasteiger charge is -2.21. The molecule has 1 aliphatic heterocycles. The maximum atomic E-state index is 11.8. The van der Waals surface area contributed by atoms with Crippen LogP contribution in [0.4, 0.5) is 0 Å². The molecule has 2 rings (SSSR count). The molecule has 1 aliphatic rings. The summed E-state index contributed by atoms with van der Waals surface area (Å²) in [5, 5.41) is 6.24. The summed E-state index contributed by atoms with van der Waals surface area (Å²) < 4.78 is 5.60. The van der Waals surface area contributed by atoms with Gasteiger partial charge in [0.2, 0.25) is 5.91 Å². The van der Waals surface area contributed by atoms with Crippen LogP contribution in [0.2, 0.25) is 0 Å². The van der Waals surface area contributed by atoms with Gasteiger partial charge in [-0.2, -0.15) is 0 Å². The summed E-state index contributed by atoms with van der Waals surface area (Å²) in [6, 6.07) is 7.94. The molecule has 0 unspecified atom stereocenters. The Balaban J connectivity index is 0.00000220. The molecule has 0 spiro atoms. The molecular weight excluding hydrogens is 288 g/mol. The van der Waals surface area contributed by atoms with Crippen LogP contribution in [0.25, 0.3) is 0 Å². The van der Waals surface area contributed by atoms with E-state index in [1.807, 2.05) is 31.2 Å². The highest BCUT2D eigenvalue weighted by atomic mass is 35.5. The number of halogens is 1. The largest absolute Gasteiger partial charge is 0.492 e. The number of carbonyl (C=O) groups is 1. The van der Waals surface area contributed by atoms with Crippen LogP contribution in [0.15, 0.2) is 24.3 Å². The Kier molecular flexibility index (Phi) is 8.16. The highest BCUT2D eigenvalue weighted by Crippen LogP contribution is 2.15. The van der Waals surface area contributed by atoms with Crippen LogP contribution >= 0.6 is 12.4 Å². The van der Waals surface area contributed by atoms with Crippen molar-refractivity contribution in [2.45, 2.75) is 26.2 Å². The Morgan fingerprint density at radius 3 is 2.86 bits per heavy atom. The van der Waals surface area contributed by atoms with E-state index in [2.05, 4.69) is 10.6 Å². The molecule has 21 heavy (non-hydrogen) atoms. The van der Waals surface area contributed by atoms with E-state index in [4.69, 9.17) is 4.74 Å². The van der Waals surface area contributed by atoms with Crippen molar-refractivity contribution in [2.24, 2.45) is 5.92 Å². The fourth-order valence-electron chi connectivity index (χ4n) is 2.48. The zero-order valence-electron chi connectivity index (χ0n) is 12.6. The Labute approximate surface area is 133 Å². The minimum Gasteiger partial charge on any atom is -0.492 e. The standard InChI is InChI=1S/C16H24N2O2.ClH/c1-13-3-2-4-15(11-13)20-10-9-18-16(19)12-14-5-7-17-8-6-14;/h2-4,11,14,17H,5-10,12H2,1H3,(H,18,19);1H. The number of hydrogen-bond acceptors (Lipinski definition) is 3. The number of hydrogen-bond donors (Lipinski definition) is 2. The fraction of sp³-hybridized carbons (Fsp3) is 0.562. The highest BCUT2D eigenvalue weighted by molar-refractivity contribution is 5.85. The van der Waals surface area contributed by atoms with E-state index < -0.39 is 0 Å². The molecule has 1 saturated heterocycles. The van der Waals surface area contributed by atoms with Crippen LogP contribution < -0.4 is 15.4 Å². The zero-order valence-corrected chi connectivity index (χ0v) is 13.4. The Hall–Kier alpha value is -1.26. The quantitative estimate of drug-likeness (QED) is 0.793. The average Bonchev–Trinajstić information content (AvgIpc) is 2.45. The molecule has 1 aromatic rings. The Morgan fingerprint density at radius 1 is 1.38 bits per heavy atom. The number of carbonyl (C=O) groups excluding carboxylic acids is 1. The first kappa shape index (κ1) is 17.8. The van der Waals surface area contributed by atoms with Crippen molar-refractivity contribution >= 4 is 18.3 Å². The number of benzene rings is 1. The van der Waals surface area contributed by atoms with E-state index in [-0.39, 0.29) is 18.3 Å². The summed E-state index contributed by atoms with van der Waals surface area (Å²) in [5.74, 6) is 1.54. The molecule has 0 aliphatic carbocycles. The second-order valence-electron chi connectivity index (χ2n) is 5.41. The minimum atomic E-state index is 0. The maximum Gasteiger partial charge on any atom is 0.220 e. The first-order chi connectivity index (χ1) is 9.74. The summed E-state index contributed by atoms with van der Waals surface area (Å²) in [4.78, 5) is 11.8. The van der Waals surface area contributed by atoms with Crippen LogP contribution in [0.5, 0.6) is 5.75 Å². The molecular formula is C16H25ClN2O2. The van der Waals surface area contributed by atoms with Crippen molar-refractivity contribution < 1.29 is 9.53 Å². The lowest BCUT2D eigenvalue weighted by Crippen LogP contribution is -2.33. The van der Waals surface area contributed by atoms with Crippen LogP contribution in [0.3, 0.4) is 0 Å². The van der Waals surface area contributed by atoms with Gasteiger partial charge in [-0.05, 0) is 56.5 Å². The smallest absolute Gasteiger partial charge is 0.220 e. The Morgan fingerprint density at radius 2 is 2.14 bits per heavy atom. The SMILES string of the molecule is Cc1cccc(OCCNC(=O)CC2CCNCC2)c1.Cl. The van der Waals surface area contributed by atoms with Gasteiger partial charge in [0.15, 0.2) is 0 Å². The summed E-state index contributed by atoms with van der Waals surface area (Å²) in [5.41, 5.74) is 1.18. The summed E-state index contributed by atoms with van der Waals surface area (Å²) >= 11 is 0. The number of piperidine rings is 1. The third kappa shape index (κ3) is 6.82. The van der Waals surface area contributed by atoms with Crippen LogP contribution in [0.1, 0.15) is 24.8 Å². The van der Waals surface area contributed by atoms with Crippen molar-refractivity contribution in [2.75, 3.05) is 26.2 Å².